The van der Waals surface area contributed by atoms with Gasteiger partial charge in [-0.15, -0.1) is 0 Å². The molecule has 1 atom stereocenters. The molecule has 1 aliphatic heterocycles. The first-order valence-electron chi connectivity index (χ1n) is 11.3. The van der Waals surface area contributed by atoms with Crippen molar-refractivity contribution in [2.75, 3.05) is 14.2 Å². The summed E-state index contributed by atoms with van der Waals surface area (Å²) in [6, 6.07) is 15.2. The van der Waals surface area contributed by atoms with Crippen molar-refractivity contribution in [1.29, 1.82) is 0 Å². The molecule has 35 heavy (non-hydrogen) atoms. The number of likely N-dealkylation sites (tertiary alicyclic amines) is 1. The Morgan fingerprint density at radius 1 is 1.03 bits per heavy atom. The number of rotatable bonds is 6. The van der Waals surface area contributed by atoms with Crippen molar-refractivity contribution in [1.82, 2.24) is 4.90 Å². The van der Waals surface area contributed by atoms with Crippen LogP contribution in [0.4, 0.5) is 0 Å². The minimum absolute atomic E-state index is 0.0147. The number of ketones is 1. The maximum Gasteiger partial charge on any atom is 0.296 e. The molecule has 1 amide bonds. The van der Waals surface area contributed by atoms with Gasteiger partial charge in [0.15, 0.2) is 0 Å². The van der Waals surface area contributed by atoms with Crippen molar-refractivity contribution in [2.24, 2.45) is 0 Å². The van der Waals surface area contributed by atoms with E-state index in [1.54, 1.807) is 55.6 Å². The molecular weight excluding hydrogens is 446 g/mol. The van der Waals surface area contributed by atoms with Gasteiger partial charge < -0.3 is 23.9 Å². The molecule has 1 aromatic heterocycles. The van der Waals surface area contributed by atoms with E-state index in [2.05, 4.69) is 20.8 Å². The number of hydrogen-bond acceptors (Lipinski definition) is 6. The number of ether oxygens (including phenoxy) is 2. The lowest BCUT2D eigenvalue weighted by molar-refractivity contribution is -0.140. The van der Waals surface area contributed by atoms with Gasteiger partial charge in [-0.05, 0) is 52.9 Å². The molecule has 0 radical (unpaired) electrons. The minimum Gasteiger partial charge on any atom is -0.507 e. The first-order chi connectivity index (χ1) is 16.7. The van der Waals surface area contributed by atoms with Crippen LogP contribution in [0.2, 0.25) is 0 Å². The topological polar surface area (TPSA) is 89.2 Å². The highest BCUT2D eigenvalue weighted by Crippen LogP contribution is 2.43. The van der Waals surface area contributed by atoms with Gasteiger partial charge in [0.05, 0.1) is 44.2 Å². The van der Waals surface area contributed by atoms with Crippen LogP contribution in [0.25, 0.3) is 5.76 Å². The van der Waals surface area contributed by atoms with Crippen LogP contribution in [0.3, 0.4) is 0 Å². The number of Topliss-reactive ketones (excluding diaryl/α,β-unsaturated/α-hetero) is 1. The van der Waals surface area contributed by atoms with Crippen LogP contribution in [0.15, 0.2) is 70.9 Å². The molecule has 1 N–H and O–H groups in total. The van der Waals surface area contributed by atoms with Crippen LogP contribution in [0.5, 0.6) is 11.5 Å². The van der Waals surface area contributed by atoms with Crippen molar-refractivity contribution in [3.63, 3.8) is 0 Å². The standard InChI is InChI=1S/C28H29NO6/c1-28(2,3)18-11-12-22(34-5)21(15-18)25(30)23-24(17-8-6-9-19(14-17)33-4)29(27(32)26(23)31)16-20-10-7-13-35-20/h6-15,24,30H,16H2,1-5H3/b25-23+. The van der Waals surface area contributed by atoms with E-state index in [0.717, 1.165) is 5.56 Å². The summed E-state index contributed by atoms with van der Waals surface area (Å²) in [5.74, 6) is -0.296. The first kappa shape index (κ1) is 24.1. The number of carbonyl (C=O) groups excluding carboxylic acids is 2. The van der Waals surface area contributed by atoms with Crippen molar-refractivity contribution >= 4 is 17.4 Å². The number of aliphatic hydroxyl groups is 1. The van der Waals surface area contributed by atoms with E-state index in [-0.39, 0.29) is 23.3 Å². The average molecular weight is 476 g/mol. The Hall–Kier alpha value is -4.00. The number of hydrogen-bond donors (Lipinski definition) is 1. The summed E-state index contributed by atoms with van der Waals surface area (Å²) >= 11 is 0. The van der Waals surface area contributed by atoms with Gasteiger partial charge in [0.25, 0.3) is 11.7 Å². The molecule has 3 aromatic rings. The number of carbonyl (C=O) groups is 2. The van der Waals surface area contributed by atoms with Crippen LogP contribution in [0, 0.1) is 0 Å². The third-order valence-corrected chi connectivity index (χ3v) is 6.18. The molecule has 7 nitrogen and oxygen atoms in total. The van der Waals surface area contributed by atoms with E-state index in [4.69, 9.17) is 13.9 Å². The fourth-order valence-corrected chi connectivity index (χ4v) is 4.28. The van der Waals surface area contributed by atoms with Crippen molar-refractivity contribution in [3.8, 4) is 11.5 Å². The molecule has 4 rings (SSSR count). The molecule has 0 spiro atoms. The van der Waals surface area contributed by atoms with Gasteiger partial charge >= 0.3 is 0 Å². The molecule has 1 fully saturated rings. The second-order valence-corrected chi connectivity index (χ2v) is 9.45. The van der Waals surface area contributed by atoms with E-state index in [1.807, 2.05) is 6.07 Å². The summed E-state index contributed by atoms with van der Waals surface area (Å²) in [6.07, 6.45) is 1.51. The summed E-state index contributed by atoms with van der Waals surface area (Å²) in [6.45, 7) is 6.22. The molecule has 182 valence electrons. The van der Waals surface area contributed by atoms with Crippen LogP contribution in [0.1, 0.15) is 49.3 Å². The van der Waals surface area contributed by atoms with Crippen LogP contribution in [-0.4, -0.2) is 35.9 Å². The molecule has 2 aromatic carbocycles. The van der Waals surface area contributed by atoms with Gasteiger partial charge in [0.2, 0.25) is 0 Å². The lowest BCUT2D eigenvalue weighted by Gasteiger charge is -2.25. The lowest BCUT2D eigenvalue weighted by atomic mass is 9.85. The second-order valence-electron chi connectivity index (χ2n) is 9.45. The Morgan fingerprint density at radius 3 is 2.43 bits per heavy atom. The zero-order valence-corrected chi connectivity index (χ0v) is 20.5. The quantitative estimate of drug-likeness (QED) is 0.299. The summed E-state index contributed by atoms with van der Waals surface area (Å²) in [7, 11) is 3.04. The number of amides is 1. The van der Waals surface area contributed by atoms with Crippen molar-refractivity contribution < 1.29 is 28.6 Å². The Morgan fingerprint density at radius 2 is 1.80 bits per heavy atom. The average Bonchev–Trinajstić information content (AvgIpc) is 3.45. The SMILES string of the molecule is COc1cccc(C2/C(=C(\O)c3cc(C(C)(C)C)ccc3OC)C(=O)C(=O)N2Cc2ccco2)c1. The van der Waals surface area contributed by atoms with Crippen LogP contribution in [-0.2, 0) is 21.5 Å². The second kappa shape index (κ2) is 9.33. The van der Waals surface area contributed by atoms with Crippen LogP contribution >= 0.6 is 0 Å². The number of methoxy groups -OCH3 is 2. The predicted octanol–water partition coefficient (Wildman–Crippen LogP) is 5.22. The Kier molecular flexibility index (Phi) is 6.43. The van der Waals surface area contributed by atoms with Crippen LogP contribution < -0.4 is 9.47 Å². The fourth-order valence-electron chi connectivity index (χ4n) is 4.28. The summed E-state index contributed by atoms with van der Waals surface area (Å²) < 4.78 is 16.3. The number of furan rings is 1. The fraction of sp³-hybridized carbons (Fsp3) is 0.286. The summed E-state index contributed by atoms with van der Waals surface area (Å²) in [5.41, 5.74) is 1.70. The minimum atomic E-state index is -0.849. The molecule has 7 heteroatoms. The highest BCUT2D eigenvalue weighted by molar-refractivity contribution is 6.46. The molecular formula is C28H29NO6. The van der Waals surface area contributed by atoms with Gasteiger partial charge in [-0.25, -0.2) is 0 Å². The van der Waals surface area contributed by atoms with Gasteiger partial charge in [-0.1, -0.05) is 39.0 Å². The van der Waals surface area contributed by atoms with Gasteiger partial charge in [-0.3, -0.25) is 9.59 Å². The van der Waals surface area contributed by atoms with E-state index in [9.17, 15) is 14.7 Å². The number of nitrogens with zero attached hydrogens (tertiary/aromatic N) is 1. The molecule has 0 bridgehead atoms. The Balaban J connectivity index is 1.94. The van der Waals surface area contributed by atoms with Crippen molar-refractivity contribution in [3.05, 3.63) is 88.9 Å². The Bertz CT molecular complexity index is 1280. The highest BCUT2D eigenvalue weighted by atomic mass is 16.5. The molecule has 0 saturated carbocycles. The first-order valence-corrected chi connectivity index (χ1v) is 11.3. The maximum absolute atomic E-state index is 13.4. The predicted molar refractivity (Wildman–Crippen MR) is 131 cm³/mol. The zero-order chi connectivity index (χ0) is 25.3. The molecule has 1 aliphatic rings. The zero-order valence-electron chi connectivity index (χ0n) is 20.5. The number of benzene rings is 2. The van der Waals surface area contributed by atoms with Crippen molar-refractivity contribution in [2.45, 2.75) is 38.8 Å². The van der Waals surface area contributed by atoms with E-state index in [0.29, 0.717) is 28.4 Å². The molecule has 1 unspecified atom stereocenters. The summed E-state index contributed by atoms with van der Waals surface area (Å²) in [5, 5.41) is 11.6. The van der Waals surface area contributed by atoms with E-state index < -0.39 is 17.7 Å². The maximum atomic E-state index is 13.4. The smallest absolute Gasteiger partial charge is 0.296 e. The molecule has 0 aliphatic carbocycles. The van der Waals surface area contributed by atoms with Gasteiger partial charge in [0.1, 0.15) is 23.0 Å². The largest absolute Gasteiger partial charge is 0.507 e. The Labute approximate surface area is 204 Å². The third kappa shape index (κ3) is 4.54. The molecule has 2 heterocycles. The van der Waals surface area contributed by atoms with E-state index in [1.165, 1.54) is 18.3 Å². The van der Waals surface area contributed by atoms with Gasteiger partial charge in [-0.2, -0.15) is 0 Å². The van der Waals surface area contributed by atoms with Gasteiger partial charge in [0, 0.05) is 0 Å². The summed E-state index contributed by atoms with van der Waals surface area (Å²) in [4.78, 5) is 28.0. The molecule has 1 saturated heterocycles. The van der Waals surface area contributed by atoms with E-state index >= 15 is 0 Å². The third-order valence-electron chi connectivity index (χ3n) is 6.18. The number of aliphatic hydroxyl groups excluding tert-OH is 1. The normalized spacial score (nSPS) is 17.6. The monoisotopic (exact) mass is 475 g/mol. The lowest BCUT2D eigenvalue weighted by Crippen LogP contribution is -2.29. The highest BCUT2D eigenvalue weighted by Gasteiger charge is 2.46.